The lowest BCUT2D eigenvalue weighted by Crippen LogP contribution is -2.29. The Morgan fingerprint density at radius 1 is 1.38 bits per heavy atom. The molecule has 5 nitrogen and oxygen atoms in total. The zero-order chi connectivity index (χ0) is 14.2. The number of imidazole rings is 1. The largest absolute Gasteiger partial charge is 0.361 e. The molecule has 0 saturated heterocycles. The van der Waals surface area contributed by atoms with Gasteiger partial charge in [0.2, 0.25) is 5.91 Å². The maximum absolute atomic E-state index is 12.4. The van der Waals surface area contributed by atoms with Crippen molar-refractivity contribution in [2.24, 2.45) is 5.92 Å². The van der Waals surface area contributed by atoms with Gasteiger partial charge in [-0.2, -0.15) is 0 Å². The number of benzene rings is 1. The van der Waals surface area contributed by atoms with Crippen LogP contribution in [0.3, 0.4) is 0 Å². The van der Waals surface area contributed by atoms with E-state index in [-0.39, 0.29) is 11.8 Å². The first-order valence-electron chi connectivity index (χ1n) is 7.16. The number of amides is 1. The summed E-state index contributed by atoms with van der Waals surface area (Å²) in [5, 5.41) is 4.14. The summed E-state index contributed by atoms with van der Waals surface area (Å²) >= 11 is 0. The van der Waals surface area contributed by atoms with Crippen LogP contribution in [-0.2, 0) is 17.8 Å². The molecule has 1 atom stereocenters. The molecule has 0 fully saturated rings. The summed E-state index contributed by atoms with van der Waals surface area (Å²) in [5.41, 5.74) is 3.07. The Kier molecular flexibility index (Phi) is 2.77. The van der Waals surface area contributed by atoms with Crippen molar-refractivity contribution in [3.8, 4) is 0 Å². The molecule has 1 unspecified atom stereocenters. The maximum Gasteiger partial charge on any atom is 0.227 e. The Morgan fingerprint density at radius 3 is 3.29 bits per heavy atom. The van der Waals surface area contributed by atoms with E-state index in [2.05, 4.69) is 19.9 Å². The van der Waals surface area contributed by atoms with Crippen LogP contribution in [0.2, 0.25) is 0 Å². The molecule has 21 heavy (non-hydrogen) atoms. The first-order valence-corrected chi connectivity index (χ1v) is 7.16. The van der Waals surface area contributed by atoms with Crippen molar-refractivity contribution in [2.75, 3.05) is 5.32 Å². The number of nitrogens with zero attached hydrogens (tertiary/aromatic N) is 2. The van der Waals surface area contributed by atoms with E-state index in [4.69, 9.17) is 0 Å². The second-order valence-electron chi connectivity index (χ2n) is 5.54. The van der Waals surface area contributed by atoms with Gasteiger partial charge in [-0.15, -0.1) is 0 Å². The number of aromatic nitrogens is 3. The fraction of sp³-hybridized carbons (Fsp3) is 0.250. The zero-order valence-corrected chi connectivity index (χ0v) is 11.5. The topological polar surface area (TPSA) is 62.7 Å². The Labute approximate surface area is 122 Å². The van der Waals surface area contributed by atoms with E-state index in [9.17, 15) is 4.79 Å². The van der Waals surface area contributed by atoms with E-state index >= 15 is 0 Å². The number of nitrogens with one attached hydrogen (secondary N) is 2. The molecular weight excluding hydrogens is 264 g/mol. The summed E-state index contributed by atoms with van der Waals surface area (Å²) in [6, 6.07) is 7.92. The van der Waals surface area contributed by atoms with Crippen LogP contribution in [-0.4, -0.2) is 20.4 Å². The summed E-state index contributed by atoms with van der Waals surface area (Å²) in [5.74, 6) is 0.119. The SMILES string of the molecule is O=C(Nc1ccc2[nH]ccc2c1)C1CCn2cncc2C1. The molecule has 3 aromatic rings. The fourth-order valence-corrected chi connectivity index (χ4v) is 2.97. The van der Waals surface area contributed by atoms with Crippen molar-refractivity contribution >= 4 is 22.5 Å². The first-order chi connectivity index (χ1) is 10.3. The van der Waals surface area contributed by atoms with Crippen LogP contribution >= 0.6 is 0 Å². The van der Waals surface area contributed by atoms with Gasteiger partial charge in [0.25, 0.3) is 0 Å². The second kappa shape index (κ2) is 4.77. The number of fused-ring (bicyclic) bond motifs is 2. The highest BCUT2D eigenvalue weighted by atomic mass is 16.1. The van der Waals surface area contributed by atoms with Gasteiger partial charge >= 0.3 is 0 Å². The first kappa shape index (κ1) is 12.2. The third-order valence-electron chi connectivity index (χ3n) is 4.16. The average Bonchev–Trinajstić information content (AvgIpc) is 3.14. The van der Waals surface area contributed by atoms with Crippen molar-refractivity contribution in [3.05, 3.63) is 48.7 Å². The van der Waals surface area contributed by atoms with E-state index in [1.165, 1.54) is 0 Å². The normalized spacial score (nSPS) is 17.6. The molecule has 5 heteroatoms. The van der Waals surface area contributed by atoms with Crippen molar-refractivity contribution in [2.45, 2.75) is 19.4 Å². The van der Waals surface area contributed by atoms with Crippen LogP contribution in [0.15, 0.2) is 43.0 Å². The number of hydrogen-bond donors (Lipinski definition) is 2. The summed E-state index contributed by atoms with van der Waals surface area (Å²) in [4.78, 5) is 19.7. The highest BCUT2D eigenvalue weighted by Gasteiger charge is 2.24. The summed E-state index contributed by atoms with van der Waals surface area (Å²) in [6.07, 6.45) is 7.22. The van der Waals surface area contributed by atoms with Gasteiger partial charge in [-0.25, -0.2) is 4.98 Å². The van der Waals surface area contributed by atoms with Crippen LogP contribution in [0, 0.1) is 5.92 Å². The molecule has 1 aromatic carbocycles. The molecule has 3 heterocycles. The van der Waals surface area contributed by atoms with Gasteiger partial charge in [0.1, 0.15) is 0 Å². The molecule has 2 aromatic heterocycles. The standard InChI is InChI=1S/C16H16N4O/c21-16(12-4-6-20-10-17-9-14(20)8-12)19-13-1-2-15-11(7-13)3-5-18-15/h1-3,5,7,9-10,12,18H,4,6,8H2,(H,19,21). The van der Waals surface area contributed by atoms with Crippen LogP contribution in [0.25, 0.3) is 10.9 Å². The van der Waals surface area contributed by atoms with Gasteiger partial charge in [0.05, 0.1) is 6.33 Å². The van der Waals surface area contributed by atoms with Crippen LogP contribution in [0.1, 0.15) is 12.1 Å². The number of carbonyl (C=O) groups is 1. The minimum absolute atomic E-state index is 0.0242. The molecule has 0 bridgehead atoms. The molecule has 1 amide bonds. The second-order valence-corrected chi connectivity index (χ2v) is 5.54. The average molecular weight is 280 g/mol. The molecule has 0 aliphatic carbocycles. The monoisotopic (exact) mass is 280 g/mol. The van der Waals surface area contributed by atoms with Gasteiger partial charge in [0.15, 0.2) is 0 Å². The lowest BCUT2D eigenvalue weighted by molar-refractivity contribution is -0.120. The van der Waals surface area contributed by atoms with Crippen molar-refractivity contribution in [1.82, 2.24) is 14.5 Å². The Balaban J connectivity index is 1.50. The predicted octanol–water partition coefficient (Wildman–Crippen LogP) is 2.57. The highest BCUT2D eigenvalue weighted by molar-refractivity contribution is 5.95. The predicted molar refractivity (Wildman–Crippen MR) is 81.0 cm³/mol. The molecular formula is C16H16N4O. The molecule has 0 spiro atoms. The molecule has 106 valence electrons. The lowest BCUT2D eigenvalue weighted by atomic mass is 9.95. The molecule has 1 aliphatic heterocycles. The Hall–Kier alpha value is -2.56. The van der Waals surface area contributed by atoms with Crippen molar-refractivity contribution in [3.63, 3.8) is 0 Å². The van der Waals surface area contributed by atoms with E-state index in [0.717, 1.165) is 41.7 Å². The smallest absolute Gasteiger partial charge is 0.227 e. The molecule has 2 N–H and O–H groups in total. The van der Waals surface area contributed by atoms with Crippen LogP contribution < -0.4 is 5.32 Å². The van der Waals surface area contributed by atoms with Gasteiger partial charge < -0.3 is 14.9 Å². The minimum atomic E-state index is 0.0242. The number of aromatic amines is 1. The van der Waals surface area contributed by atoms with E-state index in [1.807, 2.05) is 43.0 Å². The van der Waals surface area contributed by atoms with E-state index in [0.29, 0.717) is 0 Å². The number of rotatable bonds is 2. The van der Waals surface area contributed by atoms with E-state index in [1.54, 1.807) is 0 Å². The number of hydrogen-bond acceptors (Lipinski definition) is 2. The summed E-state index contributed by atoms with van der Waals surface area (Å²) < 4.78 is 2.12. The molecule has 0 saturated carbocycles. The highest BCUT2D eigenvalue weighted by Crippen LogP contribution is 2.23. The number of H-pyrrole nitrogens is 1. The number of carbonyl (C=O) groups excluding carboxylic acids is 1. The maximum atomic E-state index is 12.4. The molecule has 0 radical (unpaired) electrons. The van der Waals surface area contributed by atoms with Gasteiger partial charge in [-0.05, 0) is 30.7 Å². The number of aryl methyl sites for hydroxylation is 1. The van der Waals surface area contributed by atoms with Crippen molar-refractivity contribution in [1.29, 1.82) is 0 Å². The van der Waals surface area contributed by atoms with E-state index < -0.39 is 0 Å². The quantitative estimate of drug-likeness (QED) is 0.758. The van der Waals surface area contributed by atoms with Crippen LogP contribution in [0.5, 0.6) is 0 Å². The number of anilines is 1. The minimum Gasteiger partial charge on any atom is -0.361 e. The Bertz CT molecular complexity index is 801. The van der Waals surface area contributed by atoms with Crippen LogP contribution in [0.4, 0.5) is 5.69 Å². The third-order valence-corrected chi connectivity index (χ3v) is 4.16. The lowest BCUT2D eigenvalue weighted by Gasteiger charge is -2.23. The van der Waals surface area contributed by atoms with Gasteiger partial charge in [-0.1, -0.05) is 0 Å². The van der Waals surface area contributed by atoms with Gasteiger partial charge in [0, 0.05) is 53.6 Å². The summed E-state index contributed by atoms with van der Waals surface area (Å²) in [6.45, 7) is 0.865. The third kappa shape index (κ3) is 2.20. The van der Waals surface area contributed by atoms with Crippen molar-refractivity contribution < 1.29 is 4.79 Å². The fourth-order valence-electron chi connectivity index (χ4n) is 2.97. The molecule has 1 aliphatic rings. The summed E-state index contributed by atoms with van der Waals surface area (Å²) in [7, 11) is 0. The zero-order valence-electron chi connectivity index (χ0n) is 11.5. The molecule has 4 rings (SSSR count). The Morgan fingerprint density at radius 2 is 2.33 bits per heavy atom. The van der Waals surface area contributed by atoms with Gasteiger partial charge in [-0.3, -0.25) is 4.79 Å².